The lowest BCUT2D eigenvalue weighted by atomic mass is 10.1. The molecule has 2 rings (SSSR count). The number of aryl methyl sites for hydroxylation is 2. The quantitative estimate of drug-likeness (QED) is 0.900. The topological polar surface area (TPSA) is 48.7 Å². The Morgan fingerprint density at radius 1 is 1.41 bits per heavy atom. The summed E-state index contributed by atoms with van der Waals surface area (Å²) in [5, 5.41) is 12.3. The Morgan fingerprint density at radius 2 is 2.24 bits per heavy atom. The third-order valence-electron chi connectivity index (χ3n) is 2.58. The molecule has 0 spiro atoms. The van der Waals surface area contributed by atoms with Crippen molar-refractivity contribution < 1.29 is 0 Å². The lowest BCUT2D eigenvalue weighted by Crippen LogP contribution is -2.01. The number of nitrogens with zero attached hydrogens (tertiary/aromatic N) is 2. The Balaban J connectivity index is 2.17. The molecule has 0 aliphatic heterocycles. The summed E-state index contributed by atoms with van der Waals surface area (Å²) >= 11 is 1.63. The van der Waals surface area contributed by atoms with Crippen LogP contribution in [-0.4, -0.2) is 4.98 Å². The van der Waals surface area contributed by atoms with E-state index in [2.05, 4.69) is 16.4 Å². The van der Waals surface area contributed by atoms with E-state index in [4.69, 9.17) is 5.26 Å². The zero-order valence-electron chi connectivity index (χ0n) is 9.82. The second-order valence-corrected chi connectivity index (χ2v) is 4.81. The van der Waals surface area contributed by atoms with Crippen LogP contribution in [0.15, 0.2) is 23.7 Å². The van der Waals surface area contributed by atoms with Gasteiger partial charge in [-0.25, -0.2) is 4.98 Å². The summed E-state index contributed by atoms with van der Waals surface area (Å²) in [5.41, 5.74) is 5.60. The van der Waals surface area contributed by atoms with E-state index in [0.29, 0.717) is 12.1 Å². The molecule has 3 nitrogen and oxygen atoms in total. The Kier molecular flexibility index (Phi) is 3.40. The molecular weight excluding hydrogens is 230 g/mol. The summed E-state index contributed by atoms with van der Waals surface area (Å²) in [5.74, 6) is 0. The van der Waals surface area contributed by atoms with Crippen molar-refractivity contribution in [1.29, 1.82) is 5.26 Å². The molecule has 1 heterocycles. The molecule has 0 saturated carbocycles. The highest BCUT2D eigenvalue weighted by Crippen LogP contribution is 2.19. The van der Waals surface area contributed by atoms with E-state index in [0.717, 1.165) is 16.9 Å². The Labute approximate surface area is 105 Å². The molecule has 1 aromatic heterocycles. The van der Waals surface area contributed by atoms with Crippen LogP contribution in [0.2, 0.25) is 0 Å². The first kappa shape index (κ1) is 11.6. The van der Waals surface area contributed by atoms with Crippen LogP contribution in [0.1, 0.15) is 21.7 Å². The van der Waals surface area contributed by atoms with Gasteiger partial charge in [0, 0.05) is 4.88 Å². The van der Waals surface area contributed by atoms with Crippen LogP contribution >= 0.6 is 11.3 Å². The average molecular weight is 243 g/mol. The maximum atomic E-state index is 9.02. The van der Waals surface area contributed by atoms with Crippen molar-refractivity contribution in [3.05, 3.63) is 45.4 Å². The van der Waals surface area contributed by atoms with Crippen molar-refractivity contribution in [2.75, 3.05) is 5.32 Å². The molecule has 0 fully saturated rings. The summed E-state index contributed by atoms with van der Waals surface area (Å²) in [6, 6.07) is 7.98. The zero-order valence-corrected chi connectivity index (χ0v) is 10.6. The van der Waals surface area contributed by atoms with Crippen LogP contribution in [-0.2, 0) is 6.54 Å². The van der Waals surface area contributed by atoms with Gasteiger partial charge in [0.15, 0.2) is 0 Å². The predicted octanol–water partition coefficient (Wildman–Crippen LogP) is 3.24. The SMILES string of the molecule is Cc1ccc(C#N)c(NCc2scnc2C)c1. The van der Waals surface area contributed by atoms with Crippen LogP contribution < -0.4 is 5.32 Å². The molecule has 17 heavy (non-hydrogen) atoms. The van der Waals surface area contributed by atoms with E-state index in [1.54, 1.807) is 11.3 Å². The highest BCUT2D eigenvalue weighted by molar-refractivity contribution is 7.09. The Bertz CT molecular complexity index is 566. The van der Waals surface area contributed by atoms with Crippen molar-refractivity contribution in [3.8, 4) is 6.07 Å². The van der Waals surface area contributed by atoms with Gasteiger partial charge in [-0.15, -0.1) is 11.3 Å². The van der Waals surface area contributed by atoms with Crippen molar-refractivity contribution in [2.24, 2.45) is 0 Å². The summed E-state index contributed by atoms with van der Waals surface area (Å²) in [4.78, 5) is 5.41. The van der Waals surface area contributed by atoms with Crippen molar-refractivity contribution in [1.82, 2.24) is 4.98 Å². The number of anilines is 1. The number of nitrogens with one attached hydrogen (secondary N) is 1. The average Bonchev–Trinajstić information content (AvgIpc) is 2.72. The highest BCUT2D eigenvalue weighted by atomic mass is 32.1. The monoisotopic (exact) mass is 243 g/mol. The van der Waals surface area contributed by atoms with Gasteiger partial charge in [-0.1, -0.05) is 6.07 Å². The van der Waals surface area contributed by atoms with Crippen LogP contribution in [0.3, 0.4) is 0 Å². The van der Waals surface area contributed by atoms with Crippen molar-refractivity contribution in [3.63, 3.8) is 0 Å². The maximum Gasteiger partial charge on any atom is 0.101 e. The molecule has 2 aromatic rings. The molecule has 1 N–H and O–H groups in total. The number of nitriles is 1. The largest absolute Gasteiger partial charge is 0.379 e. The second-order valence-electron chi connectivity index (χ2n) is 3.88. The third kappa shape index (κ3) is 2.63. The first-order chi connectivity index (χ1) is 8.20. The van der Waals surface area contributed by atoms with Crippen LogP contribution in [0, 0.1) is 25.2 Å². The van der Waals surface area contributed by atoms with Gasteiger partial charge in [-0.3, -0.25) is 0 Å². The third-order valence-corrected chi connectivity index (χ3v) is 3.51. The Hall–Kier alpha value is -1.86. The van der Waals surface area contributed by atoms with Gasteiger partial charge >= 0.3 is 0 Å². The molecule has 0 bridgehead atoms. The van der Waals surface area contributed by atoms with Gasteiger partial charge < -0.3 is 5.32 Å². The van der Waals surface area contributed by atoms with E-state index in [9.17, 15) is 0 Å². The van der Waals surface area contributed by atoms with Crippen LogP contribution in [0.5, 0.6) is 0 Å². The van der Waals surface area contributed by atoms with Gasteiger partial charge in [-0.05, 0) is 31.5 Å². The summed E-state index contributed by atoms with van der Waals surface area (Å²) in [6.45, 7) is 4.73. The predicted molar refractivity (Wildman–Crippen MR) is 70.1 cm³/mol. The maximum absolute atomic E-state index is 9.02. The number of benzene rings is 1. The lowest BCUT2D eigenvalue weighted by Gasteiger charge is -2.08. The molecule has 1 aromatic carbocycles. The molecule has 0 amide bonds. The fourth-order valence-corrected chi connectivity index (χ4v) is 2.29. The molecule has 0 saturated heterocycles. The van der Waals surface area contributed by atoms with Crippen molar-refractivity contribution in [2.45, 2.75) is 20.4 Å². The summed E-state index contributed by atoms with van der Waals surface area (Å²) < 4.78 is 0. The zero-order chi connectivity index (χ0) is 12.3. The van der Waals surface area contributed by atoms with E-state index >= 15 is 0 Å². The molecule has 86 valence electrons. The first-order valence-electron chi connectivity index (χ1n) is 5.34. The van der Waals surface area contributed by atoms with Gasteiger partial charge in [0.2, 0.25) is 0 Å². The molecule has 4 heteroatoms. The Morgan fingerprint density at radius 3 is 2.88 bits per heavy atom. The molecule has 0 aliphatic carbocycles. The molecule has 0 atom stereocenters. The second kappa shape index (κ2) is 4.98. The molecular formula is C13H13N3S. The summed E-state index contributed by atoms with van der Waals surface area (Å²) in [7, 11) is 0. The number of aromatic nitrogens is 1. The minimum Gasteiger partial charge on any atom is -0.379 e. The van der Waals surface area contributed by atoms with E-state index < -0.39 is 0 Å². The van der Waals surface area contributed by atoms with Crippen LogP contribution in [0.4, 0.5) is 5.69 Å². The lowest BCUT2D eigenvalue weighted by molar-refractivity contribution is 1.12. The normalized spacial score (nSPS) is 9.94. The molecule has 0 unspecified atom stereocenters. The van der Waals surface area contributed by atoms with E-state index in [1.807, 2.05) is 37.6 Å². The van der Waals surface area contributed by atoms with Gasteiger partial charge in [0.05, 0.1) is 29.0 Å². The number of hydrogen-bond donors (Lipinski definition) is 1. The van der Waals surface area contributed by atoms with Gasteiger partial charge in [0.25, 0.3) is 0 Å². The fourth-order valence-electron chi connectivity index (χ4n) is 1.57. The fraction of sp³-hybridized carbons (Fsp3) is 0.231. The number of thiazole rings is 1. The van der Waals surface area contributed by atoms with Crippen LogP contribution in [0.25, 0.3) is 0 Å². The van der Waals surface area contributed by atoms with Gasteiger partial charge in [-0.2, -0.15) is 5.26 Å². The minimum atomic E-state index is 0.678. The van der Waals surface area contributed by atoms with E-state index in [1.165, 1.54) is 4.88 Å². The highest BCUT2D eigenvalue weighted by Gasteiger charge is 2.04. The number of rotatable bonds is 3. The van der Waals surface area contributed by atoms with Gasteiger partial charge in [0.1, 0.15) is 6.07 Å². The van der Waals surface area contributed by atoms with E-state index in [-0.39, 0.29) is 0 Å². The first-order valence-corrected chi connectivity index (χ1v) is 6.22. The molecule has 0 radical (unpaired) electrons. The minimum absolute atomic E-state index is 0.678. The standard InChI is InChI=1S/C13H13N3S/c1-9-3-4-11(6-14)12(5-9)15-7-13-10(2)16-8-17-13/h3-5,8,15H,7H2,1-2H3. The summed E-state index contributed by atoms with van der Waals surface area (Å²) in [6.07, 6.45) is 0. The van der Waals surface area contributed by atoms with Crippen molar-refractivity contribution >= 4 is 17.0 Å². The molecule has 0 aliphatic rings. The number of hydrogen-bond acceptors (Lipinski definition) is 4. The smallest absolute Gasteiger partial charge is 0.101 e.